The molecular formula is C16H16. The van der Waals surface area contributed by atoms with E-state index < -0.39 is 0 Å². The van der Waals surface area contributed by atoms with Gasteiger partial charge in [0.2, 0.25) is 0 Å². The van der Waals surface area contributed by atoms with Gasteiger partial charge in [-0.25, -0.2) is 0 Å². The second kappa shape index (κ2) is 3.48. The Hall–Kier alpha value is -1.56. The van der Waals surface area contributed by atoms with E-state index in [-0.39, 0.29) is 0 Å². The van der Waals surface area contributed by atoms with Gasteiger partial charge in [0.1, 0.15) is 0 Å². The molecule has 2 aromatic rings. The Morgan fingerprint density at radius 3 is 2.81 bits per heavy atom. The van der Waals surface area contributed by atoms with E-state index >= 15 is 0 Å². The molecule has 16 heavy (non-hydrogen) atoms. The Balaban J connectivity index is 2.33. The highest BCUT2D eigenvalue weighted by atomic mass is 14.2. The monoisotopic (exact) mass is 208 g/mol. The third kappa shape index (κ3) is 1.46. The summed E-state index contributed by atoms with van der Waals surface area (Å²) in [7, 11) is 0. The fourth-order valence-corrected chi connectivity index (χ4v) is 2.55. The van der Waals surface area contributed by atoms with Crippen molar-refractivity contribution in [2.45, 2.75) is 20.3 Å². The Kier molecular flexibility index (Phi) is 2.10. The summed E-state index contributed by atoms with van der Waals surface area (Å²) in [5.41, 5.74) is 4.26. The maximum atomic E-state index is 2.32. The minimum atomic E-state index is 0.676. The van der Waals surface area contributed by atoms with Gasteiger partial charge in [-0.3, -0.25) is 0 Å². The summed E-state index contributed by atoms with van der Waals surface area (Å²) in [6.07, 6.45) is 5.80. The summed E-state index contributed by atoms with van der Waals surface area (Å²) < 4.78 is 0. The molecule has 0 bridgehead atoms. The molecule has 1 aliphatic rings. The SMILES string of the molecule is Cc1ccc2ccc3c(c2c1)C=CC(C)C3. The van der Waals surface area contributed by atoms with Crippen molar-refractivity contribution < 1.29 is 0 Å². The van der Waals surface area contributed by atoms with Crippen molar-refractivity contribution in [2.75, 3.05) is 0 Å². The van der Waals surface area contributed by atoms with Crippen LogP contribution in [-0.4, -0.2) is 0 Å². The third-order valence-corrected chi connectivity index (χ3v) is 3.44. The van der Waals surface area contributed by atoms with Crippen LogP contribution in [-0.2, 0) is 6.42 Å². The molecule has 0 aromatic heterocycles. The molecule has 0 amide bonds. The van der Waals surface area contributed by atoms with Gasteiger partial charge in [-0.1, -0.05) is 55.0 Å². The zero-order valence-corrected chi connectivity index (χ0v) is 9.83. The number of allylic oxidation sites excluding steroid dienone is 1. The average molecular weight is 208 g/mol. The lowest BCUT2D eigenvalue weighted by atomic mass is 9.87. The van der Waals surface area contributed by atoms with Crippen molar-refractivity contribution in [3.05, 3.63) is 53.1 Å². The number of fused-ring (bicyclic) bond motifs is 3. The molecule has 0 radical (unpaired) electrons. The highest BCUT2D eigenvalue weighted by Gasteiger charge is 2.12. The third-order valence-electron chi connectivity index (χ3n) is 3.44. The molecule has 0 heteroatoms. The number of benzene rings is 2. The predicted molar refractivity (Wildman–Crippen MR) is 70.6 cm³/mol. The molecule has 0 N–H and O–H groups in total. The van der Waals surface area contributed by atoms with E-state index in [2.05, 4.69) is 56.3 Å². The van der Waals surface area contributed by atoms with E-state index in [4.69, 9.17) is 0 Å². The molecule has 1 atom stereocenters. The highest BCUT2D eigenvalue weighted by molar-refractivity contribution is 5.92. The van der Waals surface area contributed by atoms with Crippen LogP contribution in [0.4, 0.5) is 0 Å². The van der Waals surface area contributed by atoms with E-state index in [0.29, 0.717) is 5.92 Å². The fraction of sp³-hybridized carbons (Fsp3) is 0.250. The maximum absolute atomic E-state index is 2.32. The molecule has 0 heterocycles. The predicted octanol–water partition coefficient (Wildman–Crippen LogP) is 4.35. The van der Waals surface area contributed by atoms with E-state index in [1.54, 1.807) is 0 Å². The van der Waals surface area contributed by atoms with Gasteiger partial charge >= 0.3 is 0 Å². The minimum Gasteiger partial charge on any atom is -0.0807 e. The quantitative estimate of drug-likeness (QED) is 0.603. The van der Waals surface area contributed by atoms with Gasteiger partial charge in [0.05, 0.1) is 0 Å². The van der Waals surface area contributed by atoms with Crippen LogP contribution in [0.3, 0.4) is 0 Å². The van der Waals surface area contributed by atoms with Gasteiger partial charge in [0, 0.05) is 0 Å². The van der Waals surface area contributed by atoms with Crippen molar-refractivity contribution in [1.29, 1.82) is 0 Å². The zero-order valence-electron chi connectivity index (χ0n) is 9.83. The van der Waals surface area contributed by atoms with Gasteiger partial charge in [-0.2, -0.15) is 0 Å². The van der Waals surface area contributed by atoms with E-state index in [9.17, 15) is 0 Å². The highest BCUT2D eigenvalue weighted by Crippen LogP contribution is 2.30. The number of rotatable bonds is 0. The molecule has 80 valence electrons. The molecule has 0 saturated heterocycles. The Morgan fingerprint density at radius 2 is 1.94 bits per heavy atom. The number of hydrogen-bond acceptors (Lipinski definition) is 0. The van der Waals surface area contributed by atoms with Crippen LogP contribution in [0.2, 0.25) is 0 Å². The summed E-state index contributed by atoms with van der Waals surface area (Å²) >= 11 is 0. The van der Waals surface area contributed by atoms with Crippen molar-refractivity contribution in [3.63, 3.8) is 0 Å². The normalized spacial score (nSPS) is 18.8. The first-order valence-corrected chi connectivity index (χ1v) is 5.94. The van der Waals surface area contributed by atoms with Crippen LogP contribution >= 0.6 is 0 Å². The molecule has 0 aliphatic heterocycles. The summed E-state index contributed by atoms with van der Waals surface area (Å²) in [6.45, 7) is 4.44. The lowest BCUT2D eigenvalue weighted by molar-refractivity contribution is 0.718. The summed E-state index contributed by atoms with van der Waals surface area (Å²) in [5.74, 6) is 0.676. The number of hydrogen-bond donors (Lipinski definition) is 0. The first kappa shape index (κ1) is 9.65. The van der Waals surface area contributed by atoms with Crippen LogP contribution in [0.5, 0.6) is 0 Å². The summed E-state index contributed by atoms with van der Waals surface area (Å²) in [4.78, 5) is 0. The molecule has 0 saturated carbocycles. The molecular weight excluding hydrogens is 192 g/mol. The fourth-order valence-electron chi connectivity index (χ4n) is 2.55. The van der Waals surface area contributed by atoms with Crippen molar-refractivity contribution in [1.82, 2.24) is 0 Å². The average Bonchev–Trinajstić information content (AvgIpc) is 2.28. The molecule has 3 rings (SSSR count). The van der Waals surface area contributed by atoms with E-state index in [1.807, 2.05) is 0 Å². The van der Waals surface area contributed by atoms with Gasteiger partial charge < -0.3 is 0 Å². The standard InChI is InChI=1S/C16H16/c1-11-4-8-15-14(9-11)7-6-13-5-3-12(2)10-16(13)15/h3-8,10-11H,9H2,1-2H3. The zero-order chi connectivity index (χ0) is 11.1. The van der Waals surface area contributed by atoms with Crippen LogP contribution < -0.4 is 0 Å². The largest absolute Gasteiger partial charge is 0.0807 e. The van der Waals surface area contributed by atoms with Crippen LogP contribution in [0.15, 0.2) is 36.4 Å². The topological polar surface area (TPSA) is 0 Å². The van der Waals surface area contributed by atoms with Crippen molar-refractivity contribution in [3.8, 4) is 0 Å². The van der Waals surface area contributed by atoms with Crippen LogP contribution in [0.25, 0.3) is 16.8 Å². The van der Waals surface area contributed by atoms with Gasteiger partial charge in [-0.15, -0.1) is 0 Å². The molecule has 2 aromatic carbocycles. The van der Waals surface area contributed by atoms with Gasteiger partial charge in [-0.05, 0) is 41.2 Å². The smallest absolute Gasteiger partial charge is 0.0106 e. The minimum absolute atomic E-state index is 0.676. The Labute approximate surface area is 96.6 Å². The number of aryl methyl sites for hydroxylation is 1. The second-order valence-corrected chi connectivity index (χ2v) is 4.90. The van der Waals surface area contributed by atoms with Gasteiger partial charge in [0.15, 0.2) is 0 Å². The Morgan fingerprint density at radius 1 is 1.12 bits per heavy atom. The van der Waals surface area contributed by atoms with Crippen molar-refractivity contribution >= 4 is 16.8 Å². The summed E-state index contributed by atoms with van der Waals surface area (Å²) in [6, 6.07) is 11.2. The van der Waals surface area contributed by atoms with Crippen molar-refractivity contribution in [2.24, 2.45) is 5.92 Å². The lowest BCUT2D eigenvalue weighted by Gasteiger charge is -2.17. The second-order valence-electron chi connectivity index (χ2n) is 4.90. The molecule has 0 nitrogen and oxygen atoms in total. The molecule has 0 fully saturated rings. The molecule has 1 aliphatic carbocycles. The van der Waals surface area contributed by atoms with Crippen LogP contribution in [0.1, 0.15) is 23.6 Å². The van der Waals surface area contributed by atoms with E-state index in [1.165, 1.54) is 33.9 Å². The summed E-state index contributed by atoms with van der Waals surface area (Å²) in [5, 5.41) is 2.75. The first-order valence-electron chi connectivity index (χ1n) is 5.94. The van der Waals surface area contributed by atoms with E-state index in [0.717, 1.165) is 0 Å². The van der Waals surface area contributed by atoms with Crippen LogP contribution in [0, 0.1) is 12.8 Å². The van der Waals surface area contributed by atoms with Gasteiger partial charge in [0.25, 0.3) is 0 Å². The Bertz CT molecular complexity index is 576. The maximum Gasteiger partial charge on any atom is -0.0106 e. The molecule has 1 unspecified atom stereocenters. The lowest BCUT2D eigenvalue weighted by Crippen LogP contribution is -2.03. The first-order chi connectivity index (χ1) is 7.74. The molecule has 0 spiro atoms.